The Morgan fingerprint density at radius 2 is 2.32 bits per heavy atom. The molecule has 0 saturated carbocycles. The largest absolute Gasteiger partial charge is 0.451 e. The van der Waals surface area contributed by atoms with Crippen LogP contribution >= 0.6 is 0 Å². The summed E-state index contributed by atoms with van der Waals surface area (Å²) in [7, 11) is 0. The van der Waals surface area contributed by atoms with E-state index in [2.05, 4.69) is 4.98 Å². The molecule has 1 saturated heterocycles. The molecule has 1 atom stereocenters. The molecular weight excluding hydrogens is 248 g/mol. The molecule has 0 unspecified atom stereocenters. The number of hydrogen-bond acceptors (Lipinski definition) is 5. The van der Waals surface area contributed by atoms with Crippen molar-refractivity contribution in [2.45, 2.75) is 32.3 Å². The third-order valence-electron chi connectivity index (χ3n) is 2.79. The number of carbonyl (C=O) groups is 1. The maximum atomic E-state index is 12.1. The van der Waals surface area contributed by atoms with Crippen LogP contribution in [0.1, 0.15) is 32.4 Å². The summed E-state index contributed by atoms with van der Waals surface area (Å²) in [5.74, 6) is 0.0220. The number of carbonyl (C=O) groups excluding carboxylic acids is 1. The van der Waals surface area contributed by atoms with Crippen molar-refractivity contribution in [3.63, 3.8) is 0 Å². The Labute approximate surface area is 112 Å². The van der Waals surface area contributed by atoms with Gasteiger partial charge in [0.05, 0.1) is 18.9 Å². The molecule has 6 heteroatoms. The van der Waals surface area contributed by atoms with Gasteiger partial charge in [-0.15, -0.1) is 0 Å². The highest BCUT2D eigenvalue weighted by molar-refractivity contribution is 5.68. The molecule has 1 aliphatic heterocycles. The van der Waals surface area contributed by atoms with Crippen LogP contribution in [0.3, 0.4) is 0 Å². The molecule has 6 nitrogen and oxygen atoms in total. The van der Waals surface area contributed by atoms with Crippen LogP contribution in [0.25, 0.3) is 0 Å². The fourth-order valence-electron chi connectivity index (χ4n) is 1.91. The predicted molar refractivity (Wildman–Crippen MR) is 67.9 cm³/mol. The second-order valence-corrected chi connectivity index (χ2v) is 5.61. The molecule has 19 heavy (non-hydrogen) atoms. The average Bonchev–Trinajstić information content (AvgIpc) is 2.71. The van der Waals surface area contributed by atoms with Gasteiger partial charge in [-0.05, 0) is 20.8 Å². The van der Waals surface area contributed by atoms with E-state index >= 15 is 0 Å². The zero-order chi connectivity index (χ0) is 13.9. The van der Waals surface area contributed by atoms with Gasteiger partial charge < -0.3 is 18.8 Å². The minimum atomic E-state index is -0.492. The van der Waals surface area contributed by atoms with Crippen LogP contribution in [-0.4, -0.2) is 47.9 Å². The topological polar surface area (TPSA) is 64.8 Å². The number of amides is 1. The zero-order valence-electron chi connectivity index (χ0n) is 11.6. The van der Waals surface area contributed by atoms with Gasteiger partial charge in [-0.2, -0.15) is 0 Å². The molecule has 0 aliphatic carbocycles. The van der Waals surface area contributed by atoms with E-state index in [4.69, 9.17) is 13.9 Å². The van der Waals surface area contributed by atoms with Gasteiger partial charge >= 0.3 is 6.09 Å². The number of hydrogen-bond donors (Lipinski definition) is 0. The molecule has 1 aromatic rings. The van der Waals surface area contributed by atoms with Crippen molar-refractivity contribution in [1.29, 1.82) is 0 Å². The molecule has 1 amide bonds. The van der Waals surface area contributed by atoms with Gasteiger partial charge in [-0.25, -0.2) is 9.78 Å². The first-order chi connectivity index (χ1) is 8.96. The number of rotatable bonds is 1. The van der Waals surface area contributed by atoms with Crippen LogP contribution in [0.5, 0.6) is 0 Å². The Balaban J connectivity index is 2.02. The summed E-state index contributed by atoms with van der Waals surface area (Å²) in [6, 6.07) is 0. The van der Waals surface area contributed by atoms with Crippen molar-refractivity contribution in [3.8, 4) is 0 Å². The average molecular weight is 268 g/mol. The first-order valence-corrected chi connectivity index (χ1v) is 6.39. The van der Waals surface area contributed by atoms with Crippen molar-refractivity contribution in [1.82, 2.24) is 9.88 Å². The SMILES string of the molecule is CC(C)(C)OC(=O)N1CCOC[C@@H](c2cocn2)C1. The molecule has 0 bridgehead atoms. The van der Waals surface area contributed by atoms with E-state index in [0.29, 0.717) is 26.3 Å². The van der Waals surface area contributed by atoms with Crippen LogP contribution in [-0.2, 0) is 9.47 Å². The van der Waals surface area contributed by atoms with E-state index in [0.717, 1.165) is 5.69 Å². The van der Waals surface area contributed by atoms with E-state index in [9.17, 15) is 4.79 Å². The summed E-state index contributed by atoms with van der Waals surface area (Å²) >= 11 is 0. The third kappa shape index (κ3) is 3.96. The molecular formula is C13H20N2O4. The number of aromatic nitrogens is 1. The first kappa shape index (κ1) is 13.9. The van der Waals surface area contributed by atoms with Gasteiger partial charge in [0, 0.05) is 19.0 Å². The number of ether oxygens (including phenoxy) is 2. The minimum Gasteiger partial charge on any atom is -0.451 e. The van der Waals surface area contributed by atoms with Gasteiger partial charge in [0.2, 0.25) is 0 Å². The summed E-state index contributed by atoms with van der Waals surface area (Å²) in [6.45, 7) is 7.67. The van der Waals surface area contributed by atoms with E-state index in [1.807, 2.05) is 20.8 Å². The number of oxazole rings is 1. The zero-order valence-corrected chi connectivity index (χ0v) is 11.6. The van der Waals surface area contributed by atoms with E-state index < -0.39 is 5.60 Å². The van der Waals surface area contributed by atoms with Gasteiger partial charge in [-0.1, -0.05) is 0 Å². The Hall–Kier alpha value is -1.56. The van der Waals surface area contributed by atoms with E-state index in [1.54, 1.807) is 11.2 Å². The molecule has 0 N–H and O–H groups in total. The van der Waals surface area contributed by atoms with Crippen LogP contribution in [0, 0.1) is 0 Å². The maximum Gasteiger partial charge on any atom is 0.410 e. The molecule has 1 aliphatic rings. The standard InChI is InChI=1S/C13H20N2O4/c1-13(2,3)19-12(16)15-4-5-17-7-10(6-15)11-8-18-9-14-11/h8-10H,4-7H2,1-3H3/t10-/m0/s1. The lowest BCUT2D eigenvalue weighted by molar-refractivity contribution is 0.0240. The van der Waals surface area contributed by atoms with Gasteiger partial charge in [-0.3, -0.25) is 0 Å². The molecule has 1 fully saturated rings. The normalized spacial score (nSPS) is 21.0. The van der Waals surface area contributed by atoms with Crippen LogP contribution < -0.4 is 0 Å². The van der Waals surface area contributed by atoms with E-state index in [1.165, 1.54) is 6.39 Å². The van der Waals surface area contributed by atoms with Crippen molar-refractivity contribution in [3.05, 3.63) is 18.4 Å². The smallest absolute Gasteiger partial charge is 0.410 e. The lowest BCUT2D eigenvalue weighted by Crippen LogP contribution is -2.39. The number of nitrogens with zero attached hydrogens (tertiary/aromatic N) is 2. The quantitative estimate of drug-likeness (QED) is 0.779. The Morgan fingerprint density at radius 3 is 2.95 bits per heavy atom. The summed E-state index contributed by atoms with van der Waals surface area (Å²) in [5, 5.41) is 0. The van der Waals surface area contributed by atoms with Crippen molar-refractivity contribution in [2.24, 2.45) is 0 Å². The lowest BCUT2D eigenvalue weighted by atomic mass is 10.1. The summed E-state index contributed by atoms with van der Waals surface area (Å²) < 4.78 is 15.9. The van der Waals surface area contributed by atoms with Crippen molar-refractivity contribution < 1.29 is 18.7 Å². The van der Waals surface area contributed by atoms with Gasteiger partial charge in [0.15, 0.2) is 6.39 Å². The maximum absolute atomic E-state index is 12.1. The van der Waals surface area contributed by atoms with Crippen LogP contribution in [0.2, 0.25) is 0 Å². The molecule has 0 radical (unpaired) electrons. The molecule has 2 heterocycles. The van der Waals surface area contributed by atoms with Crippen LogP contribution in [0.4, 0.5) is 4.79 Å². The Bertz CT molecular complexity index is 411. The van der Waals surface area contributed by atoms with Gasteiger partial charge in [0.1, 0.15) is 11.9 Å². The van der Waals surface area contributed by atoms with E-state index in [-0.39, 0.29) is 12.0 Å². The van der Waals surface area contributed by atoms with Crippen molar-refractivity contribution in [2.75, 3.05) is 26.3 Å². The highest BCUT2D eigenvalue weighted by Gasteiger charge is 2.28. The molecule has 0 aromatic carbocycles. The third-order valence-corrected chi connectivity index (χ3v) is 2.79. The fourth-order valence-corrected chi connectivity index (χ4v) is 1.91. The van der Waals surface area contributed by atoms with Crippen molar-refractivity contribution >= 4 is 6.09 Å². The Morgan fingerprint density at radius 1 is 1.53 bits per heavy atom. The van der Waals surface area contributed by atoms with Crippen LogP contribution in [0.15, 0.2) is 17.1 Å². The first-order valence-electron chi connectivity index (χ1n) is 6.39. The summed E-state index contributed by atoms with van der Waals surface area (Å²) in [4.78, 5) is 17.9. The molecule has 1 aromatic heterocycles. The second-order valence-electron chi connectivity index (χ2n) is 5.61. The fraction of sp³-hybridized carbons (Fsp3) is 0.692. The second kappa shape index (κ2) is 5.61. The molecule has 0 spiro atoms. The molecule has 106 valence electrons. The summed E-state index contributed by atoms with van der Waals surface area (Å²) in [5.41, 5.74) is 0.309. The predicted octanol–water partition coefficient (Wildman–Crippen LogP) is 2.03. The lowest BCUT2D eigenvalue weighted by Gasteiger charge is -2.27. The monoisotopic (exact) mass is 268 g/mol. The summed E-state index contributed by atoms with van der Waals surface area (Å²) in [6.07, 6.45) is 2.66. The highest BCUT2D eigenvalue weighted by atomic mass is 16.6. The minimum absolute atomic E-state index is 0.0220. The molecule has 2 rings (SSSR count). The van der Waals surface area contributed by atoms with Gasteiger partial charge in [0.25, 0.3) is 0 Å². The highest BCUT2D eigenvalue weighted by Crippen LogP contribution is 2.20. The Kier molecular flexibility index (Phi) is 4.09.